The van der Waals surface area contributed by atoms with Gasteiger partial charge in [0.1, 0.15) is 18.0 Å². The van der Waals surface area contributed by atoms with Crippen molar-refractivity contribution in [2.75, 3.05) is 6.61 Å². The van der Waals surface area contributed by atoms with Gasteiger partial charge in [0.2, 0.25) is 0 Å². The minimum Gasteiger partial charge on any atom is -0.492 e. The number of fused-ring (bicyclic) bond motifs is 1. The summed E-state index contributed by atoms with van der Waals surface area (Å²) in [5, 5.41) is 20.4. The van der Waals surface area contributed by atoms with E-state index in [9.17, 15) is 10.2 Å². The van der Waals surface area contributed by atoms with Gasteiger partial charge in [-0.05, 0) is 41.9 Å². The van der Waals surface area contributed by atoms with Crippen LogP contribution in [0.3, 0.4) is 0 Å². The molecule has 1 heterocycles. The van der Waals surface area contributed by atoms with Crippen molar-refractivity contribution in [3.05, 3.63) is 28.8 Å². The molecule has 1 fully saturated rings. The lowest BCUT2D eigenvalue weighted by molar-refractivity contribution is 0.205. The van der Waals surface area contributed by atoms with E-state index in [0.29, 0.717) is 12.5 Å². The van der Waals surface area contributed by atoms with E-state index in [-0.39, 0.29) is 10.8 Å². The number of hydrogen-bond donors (Lipinski definition) is 2. The predicted molar refractivity (Wildman–Crippen MR) is 95.1 cm³/mol. The van der Waals surface area contributed by atoms with Crippen LogP contribution < -0.4 is 4.74 Å². The second-order valence-electron chi connectivity index (χ2n) is 8.84. The lowest BCUT2D eigenvalue weighted by Gasteiger charge is -2.24. The van der Waals surface area contributed by atoms with Gasteiger partial charge in [-0.15, -0.1) is 0 Å². The van der Waals surface area contributed by atoms with Crippen molar-refractivity contribution in [3.8, 4) is 17.6 Å². The Morgan fingerprint density at radius 3 is 2.42 bits per heavy atom. The van der Waals surface area contributed by atoms with Gasteiger partial charge in [0.05, 0.1) is 6.61 Å². The second-order valence-corrected chi connectivity index (χ2v) is 8.84. The van der Waals surface area contributed by atoms with Crippen LogP contribution in [0, 0.1) is 17.8 Å². The van der Waals surface area contributed by atoms with Crippen LogP contribution in [0.25, 0.3) is 0 Å². The van der Waals surface area contributed by atoms with Gasteiger partial charge in [0.15, 0.2) is 0 Å². The number of aliphatic hydroxyl groups excluding tert-OH is 2. The van der Waals surface area contributed by atoms with Crippen LogP contribution in [0.1, 0.15) is 70.3 Å². The van der Waals surface area contributed by atoms with Crippen molar-refractivity contribution < 1.29 is 14.9 Å². The molecular weight excluding hydrogens is 300 g/mol. The Morgan fingerprint density at radius 1 is 1.17 bits per heavy atom. The van der Waals surface area contributed by atoms with Gasteiger partial charge in [-0.25, -0.2) is 0 Å². The quantitative estimate of drug-likeness (QED) is 0.818. The van der Waals surface area contributed by atoms with E-state index in [1.165, 1.54) is 0 Å². The van der Waals surface area contributed by atoms with Gasteiger partial charge in [0, 0.05) is 16.5 Å². The van der Waals surface area contributed by atoms with Crippen LogP contribution in [-0.4, -0.2) is 22.9 Å². The fourth-order valence-electron chi connectivity index (χ4n) is 3.13. The van der Waals surface area contributed by atoms with E-state index in [1.54, 1.807) is 0 Å². The molecule has 130 valence electrons. The zero-order chi connectivity index (χ0) is 17.7. The van der Waals surface area contributed by atoms with E-state index >= 15 is 0 Å². The van der Waals surface area contributed by atoms with Crippen LogP contribution in [0.4, 0.5) is 0 Å². The van der Waals surface area contributed by atoms with Gasteiger partial charge in [-0.3, -0.25) is 0 Å². The van der Waals surface area contributed by atoms with Crippen molar-refractivity contribution in [3.63, 3.8) is 0 Å². The molecule has 0 radical (unpaired) electrons. The minimum atomic E-state index is -0.888. The van der Waals surface area contributed by atoms with E-state index < -0.39 is 12.2 Å². The minimum absolute atomic E-state index is 0.0774. The third-order valence-corrected chi connectivity index (χ3v) is 4.98. The van der Waals surface area contributed by atoms with Crippen LogP contribution in [0.15, 0.2) is 12.1 Å². The first-order valence-electron chi connectivity index (χ1n) is 8.78. The molecule has 1 saturated carbocycles. The average Bonchev–Trinajstić information content (AvgIpc) is 3.29. The number of hydrogen-bond acceptors (Lipinski definition) is 3. The van der Waals surface area contributed by atoms with Crippen molar-refractivity contribution in [1.29, 1.82) is 0 Å². The highest BCUT2D eigenvalue weighted by Gasteiger charge is 2.36. The first-order valence-corrected chi connectivity index (χ1v) is 8.78. The third-order valence-electron chi connectivity index (χ3n) is 4.98. The summed E-state index contributed by atoms with van der Waals surface area (Å²) in [6, 6.07) is 4.02. The van der Waals surface area contributed by atoms with Crippen LogP contribution in [0.5, 0.6) is 5.75 Å². The molecular formula is C21H28O3. The molecule has 1 aromatic carbocycles. The van der Waals surface area contributed by atoms with Crippen molar-refractivity contribution in [2.24, 2.45) is 5.92 Å². The van der Waals surface area contributed by atoms with Gasteiger partial charge in [-0.1, -0.05) is 46.5 Å². The molecule has 24 heavy (non-hydrogen) atoms. The average molecular weight is 328 g/mol. The summed E-state index contributed by atoms with van der Waals surface area (Å²) in [6.07, 6.45) is 0.562. The summed E-state index contributed by atoms with van der Waals surface area (Å²) in [5.41, 5.74) is 2.86. The van der Waals surface area contributed by atoms with Crippen molar-refractivity contribution >= 4 is 0 Å². The smallest absolute Gasteiger partial charge is 0.140 e. The lowest BCUT2D eigenvalue weighted by atomic mass is 9.79. The molecule has 3 rings (SSSR count). The molecule has 2 N–H and O–H groups in total. The Hall–Kier alpha value is -1.50. The maximum Gasteiger partial charge on any atom is 0.140 e. The molecule has 3 heteroatoms. The molecule has 0 amide bonds. The Bertz CT molecular complexity index is 696. The molecule has 0 saturated heterocycles. The van der Waals surface area contributed by atoms with Crippen molar-refractivity contribution in [2.45, 2.75) is 70.5 Å². The highest BCUT2D eigenvalue weighted by Crippen LogP contribution is 2.46. The zero-order valence-corrected chi connectivity index (χ0v) is 15.3. The fraction of sp³-hybridized carbons (Fsp3) is 0.619. The molecule has 1 aromatic rings. The topological polar surface area (TPSA) is 49.7 Å². The SMILES string of the molecule is CC(C)(C)c1cc(C(O)C#CC(O)C2CC2)cc2c1OCC2(C)C. The molecule has 0 spiro atoms. The first kappa shape index (κ1) is 17.3. The second kappa shape index (κ2) is 5.79. The molecule has 1 aliphatic heterocycles. The standard InChI is InChI=1S/C21H28O3/c1-20(2,3)15-10-14(11-16-19(15)24-12-21(16,4)5)18(23)9-8-17(22)13-6-7-13/h10-11,13,17-18,22-23H,6-7,12H2,1-5H3. The molecule has 0 bridgehead atoms. The summed E-state index contributed by atoms with van der Waals surface area (Å²) in [5.74, 6) is 6.89. The Balaban J connectivity index is 1.99. The van der Waals surface area contributed by atoms with Gasteiger partial charge in [0.25, 0.3) is 0 Å². The number of aliphatic hydroxyl groups is 2. The van der Waals surface area contributed by atoms with E-state index in [2.05, 4.69) is 46.5 Å². The molecule has 2 aliphatic rings. The fourth-order valence-corrected chi connectivity index (χ4v) is 3.13. The lowest BCUT2D eigenvalue weighted by Crippen LogP contribution is -2.18. The molecule has 2 unspecified atom stereocenters. The molecule has 2 atom stereocenters. The molecule has 0 aromatic heterocycles. The number of ether oxygens (including phenoxy) is 1. The highest BCUT2D eigenvalue weighted by molar-refractivity contribution is 5.54. The number of rotatable bonds is 2. The summed E-state index contributed by atoms with van der Waals surface area (Å²) >= 11 is 0. The highest BCUT2D eigenvalue weighted by atomic mass is 16.5. The summed E-state index contributed by atoms with van der Waals surface area (Å²) < 4.78 is 5.99. The van der Waals surface area contributed by atoms with Gasteiger partial charge >= 0.3 is 0 Å². The van der Waals surface area contributed by atoms with Gasteiger partial charge in [-0.2, -0.15) is 0 Å². The maximum atomic E-state index is 10.5. The van der Waals surface area contributed by atoms with Gasteiger partial charge < -0.3 is 14.9 Å². The molecule has 1 aliphatic carbocycles. The Labute approximate surface area is 145 Å². The van der Waals surface area contributed by atoms with E-state index in [0.717, 1.165) is 35.3 Å². The normalized spacial score (nSPS) is 21.3. The predicted octanol–water partition coefficient (Wildman–Crippen LogP) is 3.46. The zero-order valence-electron chi connectivity index (χ0n) is 15.3. The molecule has 3 nitrogen and oxygen atoms in total. The van der Waals surface area contributed by atoms with E-state index in [4.69, 9.17) is 4.74 Å². The van der Waals surface area contributed by atoms with Crippen LogP contribution in [0.2, 0.25) is 0 Å². The summed E-state index contributed by atoms with van der Waals surface area (Å²) in [7, 11) is 0. The summed E-state index contributed by atoms with van der Waals surface area (Å²) in [6.45, 7) is 11.4. The first-order chi connectivity index (χ1) is 11.1. The summed E-state index contributed by atoms with van der Waals surface area (Å²) in [4.78, 5) is 0. The largest absolute Gasteiger partial charge is 0.492 e. The monoisotopic (exact) mass is 328 g/mol. The van der Waals surface area contributed by atoms with Crippen LogP contribution in [-0.2, 0) is 10.8 Å². The Kier molecular flexibility index (Phi) is 4.18. The van der Waals surface area contributed by atoms with Crippen LogP contribution >= 0.6 is 0 Å². The maximum absolute atomic E-state index is 10.5. The number of benzene rings is 1. The Morgan fingerprint density at radius 2 is 1.83 bits per heavy atom. The van der Waals surface area contributed by atoms with E-state index in [1.807, 2.05) is 12.1 Å². The third kappa shape index (κ3) is 3.31. The van der Waals surface area contributed by atoms with Crippen molar-refractivity contribution in [1.82, 2.24) is 0 Å².